The van der Waals surface area contributed by atoms with Crippen molar-refractivity contribution in [3.8, 4) is 0 Å². The van der Waals surface area contributed by atoms with Crippen LogP contribution in [0.4, 0.5) is 26.2 Å². The van der Waals surface area contributed by atoms with Gasteiger partial charge in [0.15, 0.2) is 0 Å². The topological polar surface area (TPSA) is 53.1 Å². The van der Waals surface area contributed by atoms with Crippen molar-refractivity contribution >= 4 is 29.4 Å². The zero-order valence-corrected chi connectivity index (χ0v) is 22.7. The second-order valence-corrected chi connectivity index (χ2v) is 12.6. The summed E-state index contributed by atoms with van der Waals surface area (Å²) < 4.78 is 20.0. The van der Waals surface area contributed by atoms with E-state index in [0.717, 1.165) is 86.2 Å². The highest BCUT2D eigenvalue weighted by Gasteiger charge is 2.46. The fraction of sp³-hybridized carbons (Fsp3) is 0.548. The van der Waals surface area contributed by atoms with Gasteiger partial charge in [-0.25, -0.2) is 9.18 Å². The fourth-order valence-electron chi connectivity index (χ4n) is 7.34. The maximum atomic E-state index is 14.3. The van der Waals surface area contributed by atoms with Crippen LogP contribution in [0.3, 0.4) is 0 Å². The van der Waals surface area contributed by atoms with E-state index in [9.17, 15) is 14.0 Å². The quantitative estimate of drug-likeness (QED) is 0.455. The fourth-order valence-corrected chi connectivity index (χ4v) is 7.34. The van der Waals surface area contributed by atoms with Crippen LogP contribution in [-0.2, 0) is 14.9 Å². The Labute approximate surface area is 224 Å². The molecule has 7 heteroatoms. The van der Waals surface area contributed by atoms with Crippen molar-refractivity contribution in [3.63, 3.8) is 0 Å². The summed E-state index contributed by atoms with van der Waals surface area (Å²) in [6.07, 6.45) is 6.22. The number of amides is 1. The lowest BCUT2D eigenvalue weighted by Crippen LogP contribution is -2.49. The maximum absolute atomic E-state index is 14.3. The number of halogens is 1. The Kier molecular flexibility index (Phi) is 6.15. The standard InChI is InChI=1S/C31H38FN3O3/c1-30(2,3)38-29(37)35-20-24-5-4-13-34(24)28-18-23(7-9-27(28)35)33-14-11-31(12-15-33)19-21(10-16-36)25-8-6-22(32)17-26(25)31/h6-9,16-18,21,24H,4-5,10-15,19-20H2,1-3H3/t21-,24+/m1/s1. The molecule has 0 bridgehead atoms. The minimum absolute atomic E-state index is 0.0661. The predicted octanol–water partition coefficient (Wildman–Crippen LogP) is 6.16. The molecular formula is C31H38FN3O3. The van der Waals surface area contributed by atoms with Crippen LogP contribution in [0.5, 0.6) is 0 Å². The number of benzene rings is 2. The second-order valence-electron chi connectivity index (χ2n) is 12.6. The Morgan fingerprint density at radius 2 is 1.89 bits per heavy atom. The minimum Gasteiger partial charge on any atom is -0.443 e. The van der Waals surface area contributed by atoms with E-state index < -0.39 is 5.60 Å². The summed E-state index contributed by atoms with van der Waals surface area (Å²) in [6, 6.07) is 11.9. The van der Waals surface area contributed by atoms with Crippen LogP contribution < -0.4 is 14.7 Å². The van der Waals surface area contributed by atoms with Crippen LogP contribution in [0.25, 0.3) is 0 Å². The van der Waals surface area contributed by atoms with E-state index in [1.54, 1.807) is 6.07 Å². The molecule has 0 N–H and O–H groups in total. The molecule has 0 unspecified atom stereocenters. The molecule has 3 aliphatic heterocycles. The Bertz CT molecular complexity index is 1250. The predicted molar refractivity (Wildman–Crippen MR) is 148 cm³/mol. The van der Waals surface area contributed by atoms with E-state index in [2.05, 4.69) is 28.0 Å². The average Bonchev–Trinajstić information content (AvgIpc) is 3.46. The van der Waals surface area contributed by atoms with Crippen molar-refractivity contribution in [2.45, 2.75) is 82.3 Å². The summed E-state index contributed by atoms with van der Waals surface area (Å²) in [6.45, 7) is 9.13. The maximum Gasteiger partial charge on any atom is 0.414 e. The summed E-state index contributed by atoms with van der Waals surface area (Å²) in [7, 11) is 0. The highest BCUT2D eigenvalue weighted by molar-refractivity contribution is 5.95. The lowest BCUT2D eigenvalue weighted by atomic mass is 9.73. The molecule has 1 spiro atoms. The van der Waals surface area contributed by atoms with E-state index in [1.165, 1.54) is 6.07 Å². The Balaban J connectivity index is 1.25. The number of carbonyl (C=O) groups excluding carboxylic acids is 2. The van der Waals surface area contributed by atoms with Gasteiger partial charge in [0, 0.05) is 44.3 Å². The molecule has 2 saturated heterocycles. The summed E-state index contributed by atoms with van der Waals surface area (Å²) in [5, 5.41) is 0. The van der Waals surface area contributed by atoms with Crippen molar-refractivity contribution in [3.05, 3.63) is 53.3 Å². The SMILES string of the molecule is CC(C)(C)OC(=O)N1C[C@@H]2CCCN2c2cc(N3CCC4(CC3)C[C@@H](CC=O)c3ccc(F)cc34)ccc21. The van der Waals surface area contributed by atoms with Gasteiger partial charge in [-0.05, 0) is 106 Å². The van der Waals surface area contributed by atoms with Gasteiger partial charge >= 0.3 is 6.09 Å². The molecule has 0 radical (unpaired) electrons. The number of anilines is 3. The molecule has 2 fully saturated rings. The summed E-state index contributed by atoms with van der Waals surface area (Å²) in [4.78, 5) is 31.2. The summed E-state index contributed by atoms with van der Waals surface area (Å²) >= 11 is 0. The third-order valence-corrected chi connectivity index (χ3v) is 9.07. The number of aldehydes is 1. The van der Waals surface area contributed by atoms with E-state index in [-0.39, 0.29) is 23.2 Å². The number of carbonyl (C=O) groups is 2. The van der Waals surface area contributed by atoms with Gasteiger partial charge in [-0.15, -0.1) is 0 Å². The van der Waals surface area contributed by atoms with Crippen LogP contribution in [0.15, 0.2) is 36.4 Å². The van der Waals surface area contributed by atoms with Crippen LogP contribution in [-0.4, -0.2) is 50.2 Å². The van der Waals surface area contributed by atoms with Crippen molar-refractivity contribution in [1.82, 2.24) is 0 Å². The van der Waals surface area contributed by atoms with E-state index in [0.29, 0.717) is 19.0 Å². The number of fused-ring (bicyclic) bond motifs is 5. The second kappa shape index (κ2) is 9.28. The molecule has 0 saturated carbocycles. The molecule has 0 aromatic heterocycles. The first kappa shape index (κ1) is 25.2. The Morgan fingerprint density at radius 1 is 1.11 bits per heavy atom. The van der Waals surface area contributed by atoms with E-state index >= 15 is 0 Å². The van der Waals surface area contributed by atoms with Crippen molar-refractivity contribution in [2.75, 3.05) is 40.9 Å². The first-order valence-corrected chi connectivity index (χ1v) is 14.1. The molecule has 2 aromatic carbocycles. The summed E-state index contributed by atoms with van der Waals surface area (Å²) in [5.74, 6) is -0.00830. The van der Waals surface area contributed by atoms with Crippen LogP contribution in [0.1, 0.15) is 76.3 Å². The van der Waals surface area contributed by atoms with Gasteiger partial charge in [0.25, 0.3) is 0 Å². The Hall–Kier alpha value is -3.09. The number of nitrogens with zero attached hydrogens (tertiary/aromatic N) is 3. The number of ether oxygens (including phenoxy) is 1. The molecule has 2 atom stereocenters. The van der Waals surface area contributed by atoms with Gasteiger partial charge in [0.2, 0.25) is 0 Å². The van der Waals surface area contributed by atoms with Gasteiger partial charge in [-0.3, -0.25) is 4.90 Å². The number of hydrogen-bond donors (Lipinski definition) is 0. The lowest BCUT2D eigenvalue weighted by Gasteiger charge is -2.43. The third kappa shape index (κ3) is 4.34. The lowest BCUT2D eigenvalue weighted by molar-refractivity contribution is -0.108. The number of hydrogen-bond acceptors (Lipinski definition) is 5. The van der Waals surface area contributed by atoms with Gasteiger partial charge in [-0.1, -0.05) is 6.07 Å². The van der Waals surface area contributed by atoms with Gasteiger partial charge in [0.1, 0.15) is 17.7 Å². The highest BCUT2D eigenvalue weighted by Crippen LogP contribution is 2.53. The molecule has 6 rings (SSSR count). The zero-order chi connectivity index (χ0) is 26.7. The third-order valence-electron chi connectivity index (χ3n) is 9.07. The first-order valence-electron chi connectivity index (χ1n) is 14.1. The molecule has 202 valence electrons. The zero-order valence-electron chi connectivity index (χ0n) is 22.7. The molecule has 6 nitrogen and oxygen atoms in total. The molecule has 1 amide bonds. The number of piperidine rings is 1. The number of rotatable bonds is 3. The molecule has 3 heterocycles. The average molecular weight is 520 g/mol. The van der Waals surface area contributed by atoms with Gasteiger partial charge in [0.05, 0.1) is 11.4 Å². The van der Waals surface area contributed by atoms with Crippen LogP contribution in [0.2, 0.25) is 0 Å². The van der Waals surface area contributed by atoms with E-state index in [1.807, 2.05) is 31.7 Å². The molecule has 4 aliphatic rings. The van der Waals surface area contributed by atoms with E-state index in [4.69, 9.17) is 4.74 Å². The van der Waals surface area contributed by atoms with Crippen molar-refractivity contribution < 1.29 is 18.7 Å². The molecule has 38 heavy (non-hydrogen) atoms. The molecule has 1 aliphatic carbocycles. The first-order chi connectivity index (χ1) is 18.2. The largest absolute Gasteiger partial charge is 0.443 e. The van der Waals surface area contributed by atoms with Crippen LogP contribution in [0, 0.1) is 5.82 Å². The monoisotopic (exact) mass is 519 g/mol. The van der Waals surface area contributed by atoms with Crippen molar-refractivity contribution in [2.24, 2.45) is 0 Å². The Morgan fingerprint density at radius 3 is 2.63 bits per heavy atom. The summed E-state index contributed by atoms with van der Waals surface area (Å²) in [5.41, 5.74) is 4.86. The molecular weight excluding hydrogens is 481 g/mol. The van der Waals surface area contributed by atoms with Gasteiger partial charge < -0.3 is 19.3 Å². The van der Waals surface area contributed by atoms with Gasteiger partial charge in [-0.2, -0.15) is 0 Å². The highest BCUT2D eigenvalue weighted by atomic mass is 19.1. The minimum atomic E-state index is -0.541. The molecule has 2 aromatic rings. The van der Waals surface area contributed by atoms with Crippen molar-refractivity contribution in [1.29, 1.82) is 0 Å². The normalized spacial score (nSPS) is 23.7. The van der Waals surface area contributed by atoms with Crippen LogP contribution >= 0.6 is 0 Å². The smallest absolute Gasteiger partial charge is 0.414 e.